The maximum atomic E-state index is 4.68. The van der Waals surface area contributed by atoms with Gasteiger partial charge in [-0.1, -0.05) is 0 Å². The van der Waals surface area contributed by atoms with Gasteiger partial charge in [-0.3, -0.25) is 4.40 Å². The third-order valence-corrected chi connectivity index (χ3v) is 3.22. The number of aryl methyl sites for hydroxylation is 1. The lowest BCUT2D eigenvalue weighted by Gasteiger charge is -2.20. The van der Waals surface area contributed by atoms with Crippen molar-refractivity contribution in [1.82, 2.24) is 19.7 Å². The Kier molecular flexibility index (Phi) is 2.36. The molecule has 0 aromatic carbocycles. The molecule has 0 aliphatic carbocycles. The molecule has 1 saturated heterocycles. The van der Waals surface area contributed by atoms with Crippen LogP contribution in [-0.2, 0) is 0 Å². The van der Waals surface area contributed by atoms with Gasteiger partial charge in [-0.2, -0.15) is 0 Å². The van der Waals surface area contributed by atoms with Gasteiger partial charge in [-0.15, -0.1) is 0 Å². The van der Waals surface area contributed by atoms with Crippen molar-refractivity contribution in [3.05, 3.63) is 30.0 Å². The van der Waals surface area contributed by atoms with Gasteiger partial charge in [-0.25, -0.2) is 9.97 Å². The van der Waals surface area contributed by atoms with Crippen molar-refractivity contribution in [2.45, 2.75) is 25.7 Å². The van der Waals surface area contributed by atoms with E-state index in [0.29, 0.717) is 5.92 Å². The molecule has 0 radical (unpaired) electrons. The standard InChI is InChI=1S/C12H16N4/c1-9-5-12-15-11(7-16(12)8-14-9)10-3-2-4-13-6-10/h5,7-8,10,13H,2-4,6H2,1H3. The number of imidazole rings is 1. The number of nitrogens with zero attached hydrogens (tertiary/aromatic N) is 3. The van der Waals surface area contributed by atoms with Crippen LogP contribution in [0.2, 0.25) is 0 Å². The average molecular weight is 216 g/mol. The van der Waals surface area contributed by atoms with E-state index >= 15 is 0 Å². The van der Waals surface area contributed by atoms with Gasteiger partial charge in [0.1, 0.15) is 12.0 Å². The monoisotopic (exact) mass is 216 g/mol. The summed E-state index contributed by atoms with van der Waals surface area (Å²) in [4.78, 5) is 8.95. The summed E-state index contributed by atoms with van der Waals surface area (Å²) >= 11 is 0. The van der Waals surface area contributed by atoms with E-state index in [0.717, 1.165) is 24.4 Å². The van der Waals surface area contributed by atoms with E-state index in [2.05, 4.69) is 21.5 Å². The van der Waals surface area contributed by atoms with Gasteiger partial charge in [-0.05, 0) is 26.3 Å². The summed E-state index contributed by atoms with van der Waals surface area (Å²) < 4.78 is 2.01. The number of hydrogen-bond donors (Lipinski definition) is 1. The zero-order chi connectivity index (χ0) is 11.0. The molecular formula is C12H16N4. The van der Waals surface area contributed by atoms with Crippen LogP contribution in [0.15, 0.2) is 18.6 Å². The molecule has 84 valence electrons. The lowest BCUT2D eigenvalue weighted by atomic mass is 9.97. The summed E-state index contributed by atoms with van der Waals surface area (Å²) in [6.07, 6.45) is 6.44. The number of nitrogens with one attached hydrogen (secondary N) is 1. The number of rotatable bonds is 1. The quantitative estimate of drug-likeness (QED) is 0.785. The first-order valence-corrected chi connectivity index (χ1v) is 5.85. The third kappa shape index (κ3) is 1.69. The minimum atomic E-state index is 0.564. The van der Waals surface area contributed by atoms with Crippen LogP contribution in [-0.4, -0.2) is 27.5 Å². The Morgan fingerprint density at radius 1 is 1.50 bits per heavy atom. The van der Waals surface area contributed by atoms with Gasteiger partial charge in [0, 0.05) is 30.4 Å². The highest BCUT2D eigenvalue weighted by Crippen LogP contribution is 2.22. The second-order valence-corrected chi connectivity index (χ2v) is 4.50. The molecule has 3 rings (SSSR count). The second kappa shape index (κ2) is 3.87. The fourth-order valence-electron chi connectivity index (χ4n) is 2.31. The fraction of sp³-hybridized carbons (Fsp3) is 0.500. The first-order chi connectivity index (χ1) is 7.83. The van der Waals surface area contributed by atoms with Crippen LogP contribution in [0.4, 0.5) is 0 Å². The molecule has 4 heteroatoms. The highest BCUT2D eigenvalue weighted by atomic mass is 15.0. The fourth-order valence-corrected chi connectivity index (χ4v) is 2.31. The Morgan fingerprint density at radius 2 is 2.44 bits per heavy atom. The van der Waals surface area contributed by atoms with Crippen LogP contribution in [0, 0.1) is 6.92 Å². The Bertz CT molecular complexity index is 497. The van der Waals surface area contributed by atoms with Gasteiger partial charge in [0.15, 0.2) is 0 Å². The maximum Gasteiger partial charge on any atom is 0.140 e. The molecule has 1 fully saturated rings. The van der Waals surface area contributed by atoms with Crippen LogP contribution in [0.25, 0.3) is 5.65 Å². The Morgan fingerprint density at radius 3 is 3.25 bits per heavy atom. The minimum Gasteiger partial charge on any atom is -0.316 e. The predicted octanol–water partition coefficient (Wildman–Crippen LogP) is 1.50. The molecule has 1 aliphatic heterocycles. The van der Waals surface area contributed by atoms with E-state index < -0.39 is 0 Å². The van der Waals surface area contributed by atoms with Crippen molar-refractivity contribution >= 4 is 5.65 Å². The highest BCUT2D eigenvalue weighted by molar-refractivity contribution is 5.41. The molecule has 3 heterocycles. The van der Waals surface area contributed by atoms with Gasteiger partial charge in [0.2, 0.25) is 0 Å². The molecule has 1 unspecified atom stereocenters. The molecule has 2 aromatic rings. The van der Waals surface area contributed by atoms with E-state index in [1.165, 1.54) is 18.5 Å². The summed E-state index contributed by atoms with van der Waals surface area (Å²) in [6.45, 7) is 4.19. The van der Waals surface area contributed by atoms with E-state index in [-0.39, 0.29) is 0 Å². The smallest absolute Gasteiger partial charge is 0.140 e. The molecular weight excluding hydrogens is 200 g/mol. The Hall–Kier alpha value is -1.42. The summed E-state index contributed by atoms with van der Waals surface area (Å²) in [5, 5.41) is 3.42. The van der Waals surface area contributed by atoms with Crippen LogP contribution in [0.1, 0.15) is 30.1 Å². The van der Waals surface area contributed by atoms with Crippen LogP contribution in [0.5, 0.6) is 0 Å². The zero-order valence-electron chi connectivity index (χ0n) is 9.48. The molecule has 1 N–H and O–H groups in total. The Balaban J connectivity index is 1.97. The molecule has 1 aliphatic rings. The molecule has 2 aromatic heterocycles. The number of piperidine rings is 1. The number of aromatic nitrogens is 3. The lowest BCUT2D eigenvalue weighted by Crippen LogP contribution is -2.28. The summed E-state index contributed by atoms with van der Waals surface area (Å²) in [5.41, 5.74) is 3.22. The molecule has 0 saturated carbocycles. The Labute approximate surface area is 94.7 Å². The van der Waals surface area contributed by atoms with Crippen molar-refractivity contribution in [1.29, 1.82) is 0 Å². The van der Waals surface area contributed by atoms with Crippen molar-refractivity contribution < 1.29 is 0 Å². The van der Waals surface area contributed by atoms with Gasteiger partial charge < -0.3 is 5.32 Å². The maximum absolute atomic E-state index is 4.68. The van der Waals surface area contributed by atoms with E-state index in [1.807, 2.05) is 23.7 Å². The lowest BCUT2D eigenvalue weighted by molar-refractivity contribution is 0.456. The molecule has 0 amide bonds. The molecule has 1 atom stereocenters. The van der Waals surface area contributed by atoms with Crippen molar-refractivity contribution in [3.63, 3.8) is 0 Å². The summed E-state index contributed by atoms with van der Waals surface area (Å²) in [6, 6.07) is 2.03. The number of hydrogen-bond acceptors (Lipinski definition) is 3. The van der Waals surface area contributed by atoms with Crippen molar-refractivity contribution in [2.24, 2.45) is 0 Å². The minimum absolute atomic E-state index is 0.564. The van der Waals surface area contributed by atoms with Crippen LogP contribution < -0.4 is 5.32 Å². The average Bonchev–Trinajstić information content (AvgIpc) is 2.73. The predicted molar refractivity (Wildman–Crippen MR) is 62.6 cm³/mol. The van der Waals surface area contributed by atoms with E-state index in [1.54, 1.807) is 0 Å². The molecule has 4 nitrogen and oxygen atoms in total. The summed E-state index contributed by atoms with van der Waals surface area (Å²) in [5.74, 6) is 0.564. The van der Waals surface area contributed by atoms with Gasteiger partial charge in [0.25, 0.3) is 0 Å². The zero-order valence-corrected chi connectivity index (χ0v) is 9.48. The highest BCUT2D eigenvalue weighted by Gasteiger charge is 2.17. The van der Waals surface area contributed by atoms with Crippen molar-refractivity contribution in [2.75, 3.05) is 13.1 Å². The first-order valence-electron chi connectivity index (χ1n) is 5.85. The van der Waals surface area contributed by atoms with Crippen LogP contribution >= 0.6 is 0 Å². The van der Waals surface area contributed by atoms with E-state index in [9.17, 15) is 0 Å². The normalized spacial score (nSPS) is 21.4. The third-order valence-electron chi connectivity index (χ3n) is 3.22. The van der Waals surface area contributed by atoms with Gasteiger partial charge >= 0.3 is 0 Å². The number of fused-ring (bicyclic) bond motifs is 1. The van der Waals surface area contributed by atoms with E-state index in [4.69, 9.17) is 0 Å². The topological polar surface area (TPSA) is 42.2 Å². The first kappa shape index (κ1) is 9.78. The second-order valence-electron chi connectivity index (χ2n) is 4.50. The van der Waals surface area contributed by atoms with Gasteiger partial charge in [0.05, 0.1) is 5.69 Å². The molecule has 0 bridgehead atoms. The molecule has 16 heavy (non-hydrogen) atoms. The SMILES string of the molecule is Cc1cc2nc(C3CCCNC3)cn2cn1. The largest absolute Gasteiger partial charge is 0.316 e. The van der Waals surface area contributed by atoms with Crippen molar-refractivity contribution in [3.8, 4) is 0 Å². The summed E-state index contributed by atoms with van der Waals surface area (Å²) in [7, 11) is 0. The van der Waals surface area contributed by atoms with Crippen LogP contribution in [0.3, 0.4) is 0 Å². The molecule has 0 spiro atoms.